The molecule has 2 rings (SSSR count). The highest BCUT2D eigenvalue weighted by Gasteiger charge is 2.06. The number of nitrogens with zero attached hydrogens (tertiary/aromatic N) is 3. The number of hydrogen-bond donors (Lipinski definition) is 1. The monoisotopic (exact) mass is 285 g/mol. The van der Waals surface area contributed by atoms with Gasteiger partial charge in [-0.1, -0.05) is 11.8 Å². The van der Waals surface area contributed by atoms with Crippen LogP contribution in [-0.2, 0) is 0 Å². The van der Waals surface area contributed by atoms with Gasteiger partial charge in [-0.2, -0.15) is 5.10 Å². The summed E-state index contributed by atoms with van der Waals surface area (Å²) in [5, 5.41) is 25.7. The van der Waals surface area contributed by atoms with Crippen molar-refractivity contribution < 1.29 is 14.8 Å². The van der Waals surface area contributed by atoms with E-state index in [0.717, 1.165) is 24.4 Å². The van der Waals surface area contributed by atoms with Crippen molar-refractivity contribution >= 4 is 17.8 Å². The number of nitrogens with one attached hydrogen (secondary N) is 1. The van der Waals surface area contributed by atoms with Crippen LogP contribution < -0.4 is 10.5 Å². The Morgan fingerprint density at radius 2 is 2.00 bits per heavy atom. The smallest absolute Gasteiger partial charge is 0.271 e. The van der Waals surface area contributed by atoms with E-state index >= 15 is 0 Å². The molecule has 0 saturated heterocycles. The Balaban J connectivity index is 2.10. The Labute approximate surface area is 118 Å². The van der Waals surface area contributed by atoms with Crippen molar-refractivity contribution in [3.63, 3.8) is 0 Å². The Kier molecular flexibility index (Phi) is 4.20. The Hall–Kier alpha value is -3.29. The number of pyridine rings is 1. The third kappa shape index (κ3) is 3.60. The van der Waals surface area contributed by atoms with Gasteiger partial charge in [-0.3, -0.25) is 19.9 Å². The van der Waals surface area contributed by atoms with Gasteiger partial charge in [0.05, 0.1) is 11.1 Å². The largest absolute Gasteiger partial charge is 0.872 e. The molecule has 8 nitrogen and oxygen atoms in total. The van der Waals surface area contributed by atoms with Gasteiger partial charge >= 0.3 is 0 Å². The van der Waals surface area contributed by atoms with E-state index in [9.17, 15) is 20.0 Å². The highest BCUT2D eigenvalue weighted by atomic mass is 16.6. The SMILES string of the molecule is O=C(NN=Cc1cc([N+](=O)[O-])ccc1[O-])c1ccncc1. The zero-order valence-corrected chi connectivity index (χ0v) is 10.6. The first-order valence-electron chi connectivity index (χ1n) is 5.77. The number of amides is 1. The summed E-state index contributed by atoms with van der Waals surface area (Å²) in [7, 11) is 0. The van der Waals surface area contributed by atoms with Crippen molar-refractivity contribution in [3.05, 3.63) is 64.0 Å². The molecule has 1 N–H and O–H groups in total. The molecule has 1 aromatic carbocycles. The first kappa shape index (κ1) is 14.1. The molecule has 1 aromatic heterocycles. The quantitative estimate of drug-likeness (QED) is 0.506. The summed E-state index contributed by atoms with van der Waals surface area (Å²) in [5.74, 6) is -0.908. The van der Waals surface area contributed by atoms with E-state index < -0.39 is 16.6 Å². The molecule has 2 aromatic rings. The van der Waals surface area contributed by atoms with E-state index in [2.05, 4.69) is 15.5 Å². The van der Waals surface area contributed by atoms with Crippen molar-refractivity contribution in [1.29, 1.82) is 0 Å². The van der Waals surface area contributed by atoms with Gasteiger partial charge in [-0.25, -0.2) is 5.43 Å². The third-order valence-electron chi connectivity index (χ3n) is 2.52. The second-order valence-electron chi connectivity index (χ2n) is 3.91. The van der Waals surface area contributed by atoms with E-state index in [1.807, 2.05) is 0 Å². The van der Waals surface area contributed by atoms with Crippen LogP contribution in [0.15, 0.2) is 47.8 Å². The number of benzene rings is 1. The zero-order valence-electron chi connectivity index (χ0n) is 10.6. The Morgan fingerprint density at radius 3 is 2.67 bits per heavy atom. The molecular formula is C13H9N4O4-. The molecule has 0 fully saturated rings. The van der Waals surface area contributed by atoms with Crippen LogP contribution in [0.5, 0.6) is 5.75 Å². The molecule has 21 heavy (non-hydrogen) atoms. The fourth-order valence-corrected chi connectivity index (χ4v) is 1.48. The first-order chi connectivity index (χ1) is 10.1. The average molecular weight is 285 g/mol. The van der Waals surface area contributed by atoms with Crippen molar-refractivity contribution in [2.24, 2.45) is 5.10 Å². The van der Waals surface area contributed by atoms with Crippen molar-refractivity contribution in [3.8, 4) is 5.75 Å². The van der Waals surface area contributed by atoms with Crippen LogP contribution in [0.25, 0.3) is 0 Å². The van der Waals surface area contributed by atoms with Crippen LogP contribution in [0.4, 0.5) is 5.69 Å². The maximum atomic E-state index is 11.7. The molecular weight excluding hydrogens is 276 g/mol. The molecule has 8 heteroatoms. The van der Waals surface area contributed by atoms with Crippen LogP contribution in [0.1, 0.15) is 15.9 Å². The highest BCUT2D eigenvalue weighted by Crippen LogP contribution is 2.18. The lowest BCUT2D eigenvalue weighted by atomic mass is 10.2. The van der Waals surface area contributed by atoms with Gasteiger partial charge in [-0.15, -0.1) is 0 Å². The van der Waals surface area contributed by atoms with E-state index in [1.165, 1.54) is 24.5 Å². The maximum Gasteiger partial charge on any atom is 0.271 e. The fraction of sp³-hybridized carbons (Fsp3) is 0. The van der Waals surface area contributed by atoms with Crippen LogP contribution in [0.3, 0.4) is 0 Å². The summed E-state index contributed by atoms with van der Waals surface area (Å²) in [4.78, 5) is 25.4. The predicted molar refractivity (Wildman–Crippen MR) is 71.8 cm³/mol. The predicted octanol–water partition coefficient (Wildman–Crippen LogP) is 0.827. The number of hydrazone groups is 1. The molecule has 0 atom stereocenters. The van der Waals surface area contributed by atoms with Crippen molar-refractivity contribution in [2.75, 3.05) is 0 Å². The zero-order chi connectivity index (χ0) is 15.2. The minimum Gasteiger partial charge on any atom is -0.872 e. The normalized spacial score (nSPS) is 10.5. The highest BCUT2D eigenvalue weighted by molar-refractivity contribution is 5.95. The minimum absolute atomic E-state index is 0.0132. The lowest BCUT2D eigenvalue weighted by Crippen LogP contribution is -2.17. The molecule has 1 amide bonds. The summed E-state index contributed by atoms with van der Waals surface area (Å²) in [6, 6.07) is 6.26. The van der Waals surface area contributed by atoms with Crippen molar-refractivity contribution in [2.45, 2.75) is 0 Å². The molecule has 0 aliphatic carbocycles. The minimum atomic E-state index is -0.619. The van der Waals surface area contributed by atoms with Gasteiger partial charge in [0.15, 0.2) is 0 Å². The van der Waals surface area contributed by atoms with Gasteiger partial charge < -0.3 is 5.11 Å². The molecule has 0 aliphatic heterocycles. The van der Waals surface area contributed by atoms with Crippen LogP contribution in [-0.4, -0.2) is 22.0 Å². The molecule has 1 heterocycles. The van der Waals surface area contributed by atoms with Gasteiger partial charge in [0.25, 0.3) is 11.6 Å². The van der Waals surface area contributed by atoms with Crippen LogP contribution in [0.2, 0.25) is 0 Å². The number of nitro benzene ring substituents is 1. The summed E-state index contributed by atoms with van der Waals surface area (Å²) >= 11 is 0. The van der Waals surface area contributed by atoms with Gasteiger partial charge in [0.1, 0.15) is 0 Å². The summed E-state index contributed by atoms with van der Waals surface area (Å²) in [5.41, 5.74) is 2.36. The van der Waals surface area contributed by atoms with E-state index in [-0.39, 0.29) is 11.3 Å². The average Bonchev–Trinajstić information content (AvgIpc) is 2.49. The first-order valence-corrected chi connectivity index (χ1v) is 5.77. The molecule has 0 unspecified atom stereocenters. The van der Waals surface area contributed by atoms with Gasteiger partial charge in [0, 0.05) is 30.1 Å². The second-order valence-corrected chi connectivity index (χ2v) is 3.91. The number of hydrogen-bond acceptors (Lipinski definition) is 6. The van der Waals surface area contributed by atoms with Gasteiger partial charge in [0.2, 0.25) is 0 Å². The Morgan fingerprint density at radius 1 is 1.29 bits per heavy atom. The summed E-state index contributed by atoms with van der Waals surface area (Å²) in [6.45, 7) is 0. The summed E-state index contributed by atoms with van der Waals surface area (Å²) < 4.78 is 0. The number of aromatic nitrogens is 1. The molecule has 0 saturated carbocycles. The number of carbonyl (C=O) groups is 1. The topological polar surface area (TPSA) is 121 Å². The fourth-order valence-electron chi connectivity index (χ4n) is 1.48. The lowest BCUT2D eigenvalue weighted by Gasteiger charge is -2.08. The van der Waals surface area contributed by atoms with E-state index in [0.29, 0.717) is 5.56 Å². The second kappa shape index (κ2) is 6.24. The van der Waals surface area contributed by atoms with Gasteiger partial charge in [-0.05, 0) is 17.7 Å². The maximum absolute atomic E-state index is 11.7. The van der Waals surface area contributed by atoms with Crippen LogP contribution in [0, 0.1) is 10.1 Å². The summed E-state index contributed by atoms with van der Waals surface area (Å²) in [6.07, 6.45) is 3.97. The lowest BCUT2D eigenvalue weighted by molar-refractivity contribution is -0.385. The molecule has 106 valence electrons. The van der Waals surface area contributed by atoms with Crippen LogP contribution >= 0.6 is 0 Å². The molecule has 0 aliphatic rings. The van der Waals surface area contributed by atoms with E-state index in [4.69, 9.17) is 0 Å². The standard InChI is InChI=1S/C13H10N4O4/c18-12-2-1-11(17(20)21)7-10(12)8-15-16-13(19)9-3-5-14-6-4-9/h1-8,18H,(H,16,19)/p-1. The number of carbonyl (C=O) groups excluding carboxylic acids is 1. The van der Waals surface area contributed by atoms with Crippen molar-refractivity contribution in [1.82, 2.24) is 10.4 Å². The molecule has 0 bridgehead atoms. The number of rotatable bonds is 4. The number of non-ortho nitro benzene ring substituents is 1. The third-order valence-corrected chi connectivity index (χ3v) is 2.52. The molecule has 0 radical (unpaired) electrons. The molecule has 0 spiro atoms. The number of nitro groups is 1. The van der Waals surface area contributed by atoms with E-state index in [1.54, 1.807) is 0 Å². The Bertz CT molecular complexity index is 701.